The molecule has 3 rings (SSSR count). The highest BCUT2D eigenvalue weighted by Gasteiger charge is 2.32. The first kappa shape index (κ1) is 30.6. The fourth-order valence-corrected chi connectivity index (χ4v) is 3.38. The third-order valence-corrected chi connectivity index (χ3v) is 5.43. The van der Waals surface area contributed by atoms with Gasteiger partial charge in [0, 0.05) is 12.1 Å². The van der Waals surface area contributed by atoms with Gasteiger partial charge in [0.2, 0.25) is 0 Å². The summed E-state index contributed by atoms with van der Waals surface area (Å²) in [6, 6.07) is 10.5. The van der Waals surface area contributed by atoms with Crippen molar-refractivity contribution in [2.24, 2.45) is 0 Å². The Kier molecular flexibility index (Phi) is 8.95. The maximum Gasteiger partial charge on any atom is 0.416 e. The van der Waals surface area contributed by atoms with Crippen LogP contribution >= 0.6 is 0 Å². The second kappa shape index (κ2) is 11.7. The highest BCUT2D eigenvalue weighted by molar-refractivity contribution is 5.93. The van der Waals surface area contributed by atoms with Crippen molar-refractivity contribution < 1.29 is 50.5 Å². The molecule has 0 spiro atoms. The van der Waals surface area contributed by atoms with Gasteiger partial charge in [0.15, 0.2) is 11.5 Å². The maximum atomic E-state index is 13.1. The first-order valence-corrected chi connectivity index (χ1v) is 11.8. The average molecular weight is 569 g/mol. The number of aliphatic hydroxyl groups is 1. The predicted octanol–water partition coefficient (Wildman–Crippen LogP) is 6.58. The minimum Gasteiger partial charge on any atom is -0.419 e. The van der Waals surface area contributed by atoms with Gasteiger partial charge in [-0.05, 0) is 74.9 Å². The molecular weight excluding hydrogens is 544 g/mol. The van der Waals surface area contributed by atoms with Gasteiger partial charge in [0.25, 0.3) is 0 Å². The summed E-state index contributed by atoms with van der Waals surface area (Å²) in [5.74, 6) is -3.32. The van der Waals surface area contributed by atoms with E-state index in [0.29, 0.717) is 12.1 Å². The van der Waals surface area contributed by atoms with Gasteiger partial charge in [0.1, 0.15) is 0 Å². The van der Waals surface area contributed by atoms with Gasteiger partial charge >= 0.3 is 24.3 Å². The third kappa shape index (κ3) is 8.30. The number of esters is 2. The van der Waals surface area contributed by atoms with Gasteiger partial charge in [-0.2, -0.15) is 26.3 Å². The van der Waals surface area contributed by atoms with E-state index in [1.54, 1.807) is 0 Å². The summed E-state index contributed by atoms with van der Waals surface area (Å²) in [5, 5.41) is 13.7. The summed E-state index contributed by atoms with van der Waals surface area (Å²) < 4.78 is 89.0. The van der Waals surface area contributed by atoms with Crippen LogP contribution in [0.4, 0.5) is 26.3 Å². The summed E-state index contributed by atoms with van der Waals surface area (Å²) in [7, 11) is 0. The number of hydrogen-bond acceptors (Lipinski definition) is 6. The van der Waals surface area contributed by atoms with E-state index in [9.17, 15) is 41.0 Å². The maximum absolute atomic E-state index is 13.1. The Labute approximate surface area is 225 Å². The number of ether oxygens (including phenoxy) is 2. The molecule has 0 bridgehead atoms. The molecule has 0 radical (unpaired) electrons. The summed E-state index contributed by atoms with van der Waals surface area (Å²) >= 11 is 0. The van der Waals surface area contributed by atoms with Crippen molar-refractivity contribution in [3.05, 3.63) is 94.5 Å². The van der Waals surface area contributed by atoms with Crippen LogP contribution in [0.1, 0.15) is 64.3 Å². The lowest BCUT2D eigenvalue weighted by atomic mass is 10.1. The number of halogens is 6. The van der Waals surface area contributed by atoms with Crippen LogP contribution < -0.4 is 14.8 Å². The Hall–Kier alpha value is -3.90. The SMILES string of the molecule is CC(C)(C)NCC(O)c1ccc(OC(=O)c2cccc(C(F)(F)F)c2)c(OC(=O)c2cccc(C(F)(F)F)c2)c1. The van der Waals surface area contributed by atoms with Crippen LogP contribution in [0.3, 0.4) is 0 Å². The zero-order valence-electron chi connectivity index (χ0n) is 21.5. The minimum atomic E-state index is -4.73. The van der Waals surface area contributed by atoms with Gasteiger partial charge in [-0.3, -0.25) is 0 Å². The number of carbonyl (C=O) groups is 2. The topological polar surface area (TPSA) is 84.9 Å². The molecule has 0 aliphatic heterocycles. The van der Waals surface area contributed by atoms with Gasteiger partial charge in [-0.15, -0.1) is 0 Å². The van der Waals surface area contributed by atoms with E-state index in [0.717, 1.165) is 48.5 Å². The van der Waals surface area contributed by atoms with Crippen molar-refractivity contribution in [3.63, 3.8) is 0 Å². The molecule has 40 heavy (non-hydrogen) atoms. The summed E-state index contributed by atoms with van der Waals surface area (Å²) in [4.78, 5) is 25.4. The van der Waals surface area contributed by atoms with E-state index < -0.39 is 64.1 Å². The van der Waals surface area contributed by atoms with E-state index >= 15 is 0 Å². The molecule has 0 amide bonds. The van der Waals surface area contributed by atoms with Gasteiger partial charge in [-0.25, -0.2) is 9.59 Å². The predicted molar refractivity (Wildman–Crippen MR) is 132 cm³/mol. The molecule has 0 saturated heterocycles. The molecule has 3 aromatic rings. The summed E-state index contributed by atoms with van der Waals surface area (Å²) in [6.07, 6.45) is -10.6. The zero-order valence-corrected chi connectivity index (χ0v) is 21.5. The van der Waals surface area contributed by atoms with Crippen LogP contribution in [0, 0.1) is 0 Å². The van der Waals surface area contributed by atoms with E-state index in [1.165, 1.54) is 6.07 Å². The fraction of sp³-hybridized carbons (Fsp3) is 0.286. The van der Waals surface area contributed by atoms with Gasteiger partial charge < -0.3 is 19.9 Å². The first-order valence-electron chi connectivity index (χ1n) is 11.8. The van der Waals surface area contributed by atoms with Gasteiger partial charge in [-0.1, -0.05) is 18.2 Å². The second-order valence-corrected chi connectivity index (χ2v) is 9.79. The molecule has 3 aromatic carbocycles. The molecule has 0 fully saturated rings. The van der Waals surface area contributed by atoms with Crippen LogP contribution in [-0.4, -0.2) is 29.1 Å². The number of hydrogen-bond donors (Lipinski definition) is 2. The number of benzene rings is 3. The Bertz CT molecular complexity index is 1380. The number of carbonyl (C=O) groups excluding carboxylic acids is 2. The Morgan fingerprint density at radius 1 is 0.750 bits per heavy atom. The molecular formula is C28H25F6NO5. The molecule has 1 atom stereocenters. The van der Waals surface area contributed by atoms with E-state index in [2.05, 4.69) is 5.32 Å². The molecule has 0 aromatic heterocycles. The Morgan fingerprint density at radius 3 is 1.68 bits per heavy atom. The van der Waals surface area contributed by atoms with Gasteiger partial charge in [0.05, 0.1) is 28.4 Å². The van der Waals surface area contributed by atoms with Crippen LogP contribution in [0.25, 0.3) is 0 Å². The molecule has 214 valence electrons. The molecule has 2 N–H and O–H groups in total. The fourth-order valence-electron chi connectivity index (χ4n) is 3.38. The molecule has 0 aliphatic carbocycles. The largest absolute Gasteiger partial charge is 0.419 e. The smallest absolute Gasteiger partial charge is 0.416 e. The Morgan fingerprint density at radius 2 is 1.23 bits per heavy atom. The number of alkyl halides is 6. The molecule has 6 nitrogen and oxygen atoms in total. The lowest BCUT2D eigenvalue weighted by Crippen LogP contribution is -2.38. The number of rotatable bonds is 7. The summed E-state index contributed by atoms with van der Waals surface area (Å²) in [5.41, 5.74) is -3.28. The van der Waals surface area contributed by atoms with Crippen molar-refractivity contribution in [2.45, 2.75) is 44.8 Å². The first-order chi connectivity index (χ1) is 18.4. The second-order valence-electron chi connectivity index (χ2n) is 9.79. The van der Waals surface area contributed by atoms with Crippen LogP contribution in [0.2, 0.25) is 0 Å². The van der Waals surface area contributed by atoms with Crippen LogP contribution in [0.5, 0.6) is 11.5 Å². The number of aliphatic hydroxyl groups excluding tert-OH is 1. The van der Waals surface area contributed by atoms with Crippen LogP contribution in [-0.2, 0) is 12.4 Å². The van der Waals surface area contributed by atoms with Crippen LogP contribution in [0.15, 0.2) is 66.7 Å². The highest BCUT2D eigenvalue weighted by Crippen LogP contribution is 2.34. The number of β-amino-alcohol motifs (C(OH)–C–C–N with tert-alkyl or cyclic N) is 1. The van der Waals surface area contributed by atoms with E-state index in [4.69, 9.17) is 9.47 Å². The molecule has 0 heterocycles. The Balaban J connectivity index is 1.95. The quantitative estimate of drug-likeness (QED) is 0.190. The third-order valence-electron chi connectivity index (χ3n) is 5.43. The monoisotopic (exact) mass is 569 g/mol. The molecule has 0 aliphatic rings. The van der Waals surface area contributed by atoms with Crippen molar-refractivity contribution >= 4 is 11.9 Å². The van der Waals surface area contributed by atoms with Crippen molar-refractivity contribution in [1.29, 1.82) is 0 Å². The summed E-state index contributed by atoms with van der Waals surface area (Å²) in [6.45, 7) is 5.64. The normalized spacial score (nSPS) is 13.1. The van der Waals surface area contributed by atoms with E-state index in [-0.39, 0.29) is 17.6 Å². The van der Waals surface area contributed by atoms with Crippen molar-refractivity contribution in [3.8, 4) is 11.5 Å². The molecule has 1 unspecified atom stereocenters. The standard InChI is InChI=1S/C28H25F6NO5/c1-26(2,3)35-15-21(36)16-10-11-22(39-24(37)17-6-4-8-19(12-17)27(29,30)31)23(14-16)40-25(38)18-7-5-9-20(13-18)28(32,33)34/h4-14,21,35-36H,15H2,1-3H3. The lowest BCUT2D eigenvalue weighted by Gasteiger charge is -2.23. The highest BCUT2D eigenvalue weighted by atomic mass is 19.4. The minimum absolute atomic E-state index is 0.0634. The molecule has 12 heteroatoms. The average Bonchev–Trinajstić information content (AvgIpc) is 2.87. The van der Waals surface area contributed by atoms with Crippen molar-refractivity contribution in [2.75, 3.05) is 6.54 Å². The number of nitrogens with one attached hydrogen (secondary N) is 1. The molecule has 0 saturated carbocycles. The van der Waals surface area contributed by atoms with Crippen molar-refractivity contribution in [1.82, 2.24) is 5.32 Å². The zero-order chi connectivity index (χ0) is 29.9. The lowest BCUT2D eigenvalue weighted by molar-refractivity contribution is -0.138. The van der Waals surface area contributed by atoms with E-state index in [1.807, 2.05) is 20.8 Å².